The first-order valence-corrected chi connectivity index (χ1v) is 4.27. The van der Waals surface area contributed by atoms with E-state index in [9.17, 15) is 0 Å². The zero-order chi connectivity index (χ0) is 9.97. The van der Waals surface area contributed by atoms with Crippen LogP contribution in [0.2, 0.25) is 0 Å². The molecule has 2 aromatic rings. The molecule has 0 fully saturated rings. The Labute approximate surface area is 80.7 Å². The van der Waals surface area contributed by atoms with Gasteiger partial charge in [-0.05, 0) is 5.56 Å². The van der Waals surface area contributed by atoms with Crippen LogP contribution in [0.1, 0.15) is 17.3 Å². The molecule has 6 heteroatoms. The van der Waals surface area contributed by atoms with Crippen LogP contribution in [0.25, 0.3) is 0 Å². The fraction of sp³-hybridized carbons (Fsp3) is 0.375. The van der Waals surface area contributed by atoms with Gasteiger partial charge in [-0.1, -0.05) is 5.16 Å². The fourth-order valence-corrected chi connectivity index (χ4v) is 1.18. The largest absolute Gasteiger partial charge is 0.339 e. The Morgan fingerprint density at radius 3 is 3.00 bits per heavy atom. The van der Waals surface area contributed by atoms with E-state index in [2.05, 4.69) is 15.2 Å². The van der Waals surface area contributed by atoms with Gasteiger partial charge in [0.15, 0.2) is 5.82 Å². The summed E-state index contributed by atoms with van der Waals surface area (Å²) in [6, 6.07) is 0. The summed E-state index contributed by atoms with van der Waals surface area (Å²) in [5.74, 6) is 1.10. The molecule has 0 amide bonds. The monoisotopic (exact) mass is 193 g/mol. The number of nitrogens with zero attached hydrogens (tertiary/aromatic N) is 4. The summed E-state index contributed by atoms with van der Waals surface area (Å²) in [6.45, 7) is 0.302. The Balaban J connectivity index is 2.10. The van der Waals surface area contributed by atoms with Gasteiger partial charge < -0.3 is 10.3 Å². The predicted octanol–water partition coefficient (Wildman–Crippen LogP) is -0.147. The number of hydrogen-bond donors (Lipinski definition) is 1. The maximum Gasteiger partial charge on any atom is 0.231 e. The van der Waals surface area contributed by atoms with Gasteiger partial charge in [0.1, 0.15) is 0 Å². The first kappa shape index (κ1) is 8.89. The normalized spacial score (nSPS) is 10.7. The molecule has 0 saturated carbocycles. The molecular formula is C8H11N5O. The molecule has 74 valence electrons. The van der Waals surface area contributed by atoms with Crippen LogP contribution in [0.3, 0.4) is 0 Å². The summed E-state index contributed by atoms with van der Waals surface area (Å²) in [4.78, 5) is 4.09. The van der Waals surface area contributed by atoms with E-state index in [1.165, 1.54) is 0 Å². The highest BCUT2D eigenvalue weighted by atomic mass is 16.5. The highest BCUT2D eigenvalue weighted by molar-refractivity contribution is 5.09. The lowest BCUT2D eigenvalue weighted by atomic mass is 10.2. The SMILES string of the molecule is Cn1cc(Cc2nc(CN)no2)cn1. The molecule has 0 radical (unpaired) electrons. The fourth-order valence-electron chi connectivity index (χ4n) is 1.18. The summed E-state index contributed by atoms with van der Waals surface area (Å²) >= 11 is 0. The van der Waals surface area contributed by atoms with Crippen molar-refractivity contribution in [3.63, 3.8) is 0 Å². The minimum Gasteiger partial charge on any atom is -0.339 e. The standard InChI is InChI=1S/C8H11N5O/c1-13-5-6(4-10-13)2-8-11-7(3-9)12-14-8/h4-5H,2-3,9H2,1H3. The predicted molar refractivity (Wildman–Crippen MR) is 48.2 cm³/mol. The molecule has 0 aliphatic heterocycles. The van der Waals surface area contributed by atoms with Gasteiger partial charge in [0.25, 0.3) is 0 Å². The third kappa shape index (κ3) is 1.80. The van der Waals surface area contributed by atoms with Crippen molar-refractivity contribution in [2.24, 2.45) is 12.8 Å². The van der Waals surface area contributed by atoms with Crippen LogP contribution in [0, 0.1) is 0 Å². The van der Waals surface area contributed by atoms with Gasteiger partial charge in [-0.15, -0.1) is 0 Å². The smallest absolute Gasteiger partial charge is 0.231 e. The highest BCUT2D eigenvalue weighted by Crippen LogP contribution is 2.05. The van der Waals surface area contributed by atoms with E-state index < -0.39 is 0 Å². The van der Waals surface area contributed by atoms with Crippen molar-refractivity contribution in [3.8, 4) is 0 Å². The summed E-state index contributed by atoms with van der Waals surface area (Å²) in [5.41, 5.74) is 6.40. The molecule has 2 heterocycles. The van der Waals surface area contributed by atoms with Crippen LogP contribution in [0.5, 0.6) is 0 Å². The first-order valence-electron chi connectivity index (χ1n) is 4.27. The Hall–Kier alpha value is -1.69. The molecule has 14 heavy (non-hydrogen) atoms. The van der Waals surface area contributed by atoms with Gasteiger partial charge in [0.2, 0.25) is 5.89 Å². The van der Waals surface area contributed by atoms with Gasteiger partial charge in [-0.2, -0.15) is 10.1 Å². The molecule has 0 aromatic carbocycles. The Morgan fingerprint density at radius 2 is 2.43 bits per heavy atom. The van der Waals surface area contributed by atoms with Crippen molar-refractivity contribution in [2.45, 2.75) is 13.0 Å². The maximum absolute atomic E-state index is 5.36. The van der Waals surface area contributed by atoms with Crippen LogP contribution >= 0.6 is 0 Å². The van der Waals surface area contributed by atoms with Gasteiger partial charge in [-0.3, -0.25) is 4.68 Å². The summed E-state index contributed by atoms with van der Waals surface area (Å²) in [7, 11) is 1.86. The second-order valence-corrected chi connectivity index (χ2v) is 3.01. The average Bonchev–Trinajstić information content (AvgIpc) is 2.76. The number of aryl methyl sites for hydroxylation is 1. The zero-order valence-electron chi connectivity index (χ0n) is 7.84. The topological polar surface area (TPSA) is 82.8 Å². The van der Waals surface area contributed by atoms with Gasteiger partial charge in [0.05, 0.1) is 19.2 Å². The molecule has 0 saturated heterocycles. The third-order valence-corrected chi connectivity index (χ3v) is 1.81. The lowest BCUT2D eigenvalue weighted by molar-refractivity contribution is 0.379. The molecule has 0 bridgehead atoms. The first-order chi connectivity index (χ1) is 6.78. The lowest BCUT2D eigenvalue weighted by Crippen LogP contribution is -1.98. The quantitative estimate of drug-likeness (QED) is 0.733. The molecule has 0 atom stereocenters. The van der Waals surface area contributed by atoms with Crippen molar-refractivity contribution in [1.82, 2.24) is 19.9 Å². The molecule has 0 aliphatic rings. The molecule has 0 spiro atoms. The van der Waals surface area contributed by atoms with Crippen LogP contribution in [-0.4, -0.2) is 19.9 Å². The Kier molecular flexibility index (Phi) is 2.28. The van der Waals surface area contributed by atoms with E-state index in [4.69, 9.17) is 10.3 Å². The van der Waals surface area contributed by atoms with E-state index in [0.717, 1.165) is 5.56 Å². The summed E-state index contributed by atoms with van der Waals surface area (Å²) in [5, 5.41) is 7.74. The van der Waals surface area contributed by atoms with Crippen molar-refractivity contribution in [2.75, 3.05) is 0 Å². The maximum atomic E-state index is 5.36. The molecular weight excluding hydrogens is 182 g/mol. The molecule has 0 aliphatic carbocycles. The molecule has 2 rings (SSSR count). The second kappa shape index (κ2) is 3.59. The Morgan fingerprint density at radius 1 is 1.57 bits per heavy atom. The van der Waals surface area contributed by atoms with Crippen molar-refractivity contribution in [3.05, 3.63) is 29.7 Å². The van der Waals surface area contributed by atoms with Gasteiger partial charge >= 0.3 is 0 Å². The third-order valence-electron chi connectivity index (χ3n) is 1.81. The van der Waals surface area contributed by atoms with Crippen LogP contribution in [-0.2, 0) is 20.0 Å². The van der Waals surface area contributed by atoms with Crippen LogP contribution in [0.4, 0.5) is 0 Å². The van der Waals surface area contributed by atoms with Crippen molar-refractivity contribution < 1.29 is 4.52 Å². The number of hydrogen-bond acceptors (Lipinski definition) is 5. The second-order valence-electron chi connectivity index (χ2n) is 3.01. The number of nitrogens with two attached hydrogens (primary N) is 1. The van der Waals surface area contributed by atoms with E-state index in [-0.39, 0.29) is 0 Å². The minimum atomic E-state index is 0.302. The van der Waals surface area contributed by atoms with Crippen molar-refractivity contribution >= 4 is 0 Å². The number of rotatable bonds is 3. The molecule has 2 aromatic heterocycles. The average molecular weight is 193 g/mol. The zero-order valence-corrected chi connectivity index (χ0v) is 7.84. The van der Waals surface area contributed by atoms with E-state index in [1.54, 1.807) is 10.9 Å². The van der Waals surface area contributed by atoms with E-state index >= 15 is 0 Å². The molecule has 0 unspecified atom stereocenters. The van der Waals surface area contributed by atoms with E-state index in [0.29, 0.717) is 24.7 Å². The minimum absolute atomic E-state index is 0.302. The molecule has 6 nitrogen and oxygen atoms in total. The summed E-state index contributed by atoms with van der Waals surface area (Å²) in [6.07, 6.45) is 4.28. The number of aromatic nitrogens is 4. The Bertz CT molecular complexity index is 419. The lowest BCUT2D eigenvalue weighted by Gasteiger charge is -1.87. The van der Waals surface area contributed by atoms with Crippen LogP contribution in [0.15, 0.2) is 16.9 Å². The summed E-state index contributed by atoms with van der Waals surface area (Å²) < 4.78 is 6.72. The highest BCUT2D eigenvalue weighted by Gasteiger charge is 2.06. The van der Waals surface area contributed by atoms with E-state index in [1.807, 2.05) is 13.2 Å². The van der Waals surface area contributed by atoms with Crippen molar-refractivity contribution in [1.29, 1.82) is 0 Å². The van der Waals surface area contributed by atoms with Gasteiger partial charge in [-0.25, -0.2) is 0 Å². The van der Waals surface area contributed by atoms with Gasteiger partial charge in [0, 0.05) is 13.2 Å². The van der Waals surface area contributed by atoms with Crippen LogP contribution < -0.4 is 5.73 Å². The molecule has 2 N–H and O–H groups in total.